The van der Waals surface area contributed by atoms with Crippen molar-refractivity contribution in [1.29, 1.82) is 0 Å². The summed E-state index contributed by atoms with van der Waals surface area (Å²) in [6, 6.07) is 3.82. The van der Waals surface area contributed by atoms with Crippen LogP contribution < -0.4 is 10.5 Å². The SMILES string of the molecule is CCCOCCOc1ccc([C@@H](N)CC)nc1. The van der Waals surface area contributed by atoms with E-state index in [1.165, 1.54) is 0 Å². The summed E-state index contributed by atoms with van der Waals surface area (Å²) in [6.45, 7) is 6.08. The van der Waals surface area contributed by atoms with Crippen LogP contribution in [0.15, 0.2) is 18.3 Å². The molecule has 2 N–H and O–H groups in total. The van der Waals surface area contributed by atoms with Gasteiger partial charge in [0, 0.05) is 12.6 Å². The molecule has 0 aliphatic heterocycles. The van der Waals surface area contributed by atoms with Crippen LogP contribution in [0, 0.1) is 0 Å². The van der Waals surface area contributed by atoms with Crippen molar-refractivity contribution >= 4 is 0 Å². The van der Waals surface area contributed by atoms with E-state index in [0.29, 0.717) is 13.2 Å². The van der Waals surface area contributed by atoms with Crippen molar-refractivity contribution in [2.75, 3.05) is 19.8 Å². The maximum absolute atomic E-state index is 5.88. The first-order chi connectivity index (χ1) is 8.27. The highest BCUT2D eigenvalue weighted by Crippen LogP contribution is 2.14. The summed E-state index contributed by atoms with van der Waals surface area (Å²) in [6.07, 6.45) is 3.63. The molecule has 0 bridgehead atoms. The Morgan fingerprint density at radius 3 is 2.65 bits per heavy atom. The van der Waals surface area contributed by atoms with Crippen LogP contribution in [0.5, 0.6) is 5.75 Å². The number of nitrogens with two attached hydrogens (primary N) is 1. The zero-order chi connectivity index (χ0) is 12.5. The minimum absolute atomic E-state index is 0.0111. The lowest BCUT2D eigenvalue weighted by Gasteiger charge is -2.10. The second-order valence-electron chi connectivity index (χ2n) is 3.89. The number of hydrogen-bond acceptors (Lipinski definition) is 4. The maximum atomic E-state index is 5.88. The summed E-state index contributed by atoms with van der Waals surface area (Å²) in [7, 11) is 0. The van der Waals surface area contributed by atoms with Gasteiger partial charge < -0.3 is 15.2 Å². The molecule has 0 fully saturated rings. The molecular weight excluding hydrogens is 216 g/mol. The first-order valence-electron chi connectivity index (χ1n) is 6.20. The van der Waals surface area contributed by atoms with Crippen molar-refractivity contribution < 1.29 is 9.47 Å². The molecule has 4 heteroatoms. The largest absolute Gasteiger partial charge is 0.490 e. The lowest BCUT2D eigenvalue weighted by molar-refractivity contribution is 0.100. The Bertz CT molecular complexity index is 301. The van der Waals surface area contributed by atoms with Crippen LogP contribution in [0.4, 0.5) is 0 Å². The third-order valence-electron chi connectivity index (χ3n) is 2.42. The quantitative estimate of drug-likeness (QED) is 0.706. The van der Waals surface area contributed by atoms with Gasteiger partial charge in [-0.1, -0.05) is 13.8 Å². The van der Waals surface area contributed by atoms with E-state index in [-0.39, 0.29) is 6.04 Å². The zero-order valence-corrected chi connectivity index (χ0v) is 10.7. The van der Waals surface area contributed by atoms with Gasteiger partial charge in [-0.25, -0.2) is 0 Å². The van der Waals surface area contributed by atoms with Crippen LogP contribution in [0.2, 0.25) is 0 Å². The molecule has 1 atom stereocenters. The predicted octanol–water partition coefficient (Wildman–Crippen LogP) is 2.30. The van der Waals surface area contributed by atoms with E-state index in [1.807, 2.05) is 19.1 Å². The van der Waals surface area contributed by atoms with E-state index in [4.69, 9.17) is 15.2 Å². The zero-order valence-electron chi connectivity index (χ0n) is 10.7. The smallest absolute Gasteiger partial charge is 0.137 e. The van der Waals surface area contributed by atoms with Crippen molar-refractivity contribution in [2.45, 2.75) is 32.7 Å². The minimum atomic E-state index is 0.0111. The highest BCUT2D eigenvalue weighted by Gasteiger charge is 2.04. The molecule has 1 aromatic rings. The van der Waals surface area contributed by atoms with Gasteiger partial charge in [0.15, 0.2) is 0 Å². The molecule has 0 radical (unpaired) electrons. The summed E-state index contributed by atoms with van der Waals surface area (Å²) in [4.78, 5) is 4.27. The minimum Gasteiger partial charge on any atom is -0.490 e. The molecule has 4 nitrogen and oxygen atoms in total. The van der Waals surface area contributed by atoms with Gasteiger partial charge in [-0.05, 0) is 25.0 Å². The Labute approximate surface area is 103 Å². The third kappa shape index (κ3) is 5.15. The Morgan fingerprint density at radius 1 is 1.24 bits per heavy atom. The molecular formula is C13H22N2O2. The summed E-state index contributed by atoms with van der Waals surface area (Å²) >= 11 is 0. The summed E-state index contributed by atoms with van der Waals surface area (Å²) < 4.78 is 10.8. The van der Waals surface area contributed by atoms with Crippen molar-refractivity contribution in [1.82, 2.24) is 4.98 Å². The van der Waals surface area contributed by atoms with Gasteiger partial charge in [-0.3, -0.25) is 4.98 Å². The molecule has 1 rings (SSSR count). The summed E-state index contributed by atoms with van der Waals surface area (Å²) in [5, 5.41) is 0. The Morgan fingerprint density at radius 2 is 2.06 bits per heavy atom. The fourth-order valence-corrected chi connectivity index (χ4v) is 1.37. The van der Waals surface area contributed by atoms with Crippen LogP contribution in [0.1, 0.15) is 38.4 Å². The first kappa shape index (κ1) is 13.9. The van der Waals surface area contributed by atoms with Gasteiger partial charge in [-0.2, -0.15) is 0 Å². The average molecular weight is 238 g/mol. The molecule has 1 aromatic heterocycles. The van der Waals surface area contributed by atoms with E-state index in [2.05, 4.69) is 11.9 Å². The highest BCUT2D eigenvalue weighted by atomic mass is 16.5. The molecule has 0 saturated carbocycles. The van der Waals surface area contributed by atoms with Crippen LogP contribution in [0.25, 0.3) is 0 Å². The lowest BCUT2D eigenvalue weighted by atomic mass is 10.1. The fraction of sp³-hybridized carbons (Fsp3) is 0.615. The average Bonchev–Trinajstić information content (AvgIpc) is 2.38. The Hall–Kier alpha value is -1.13. The topological polar surface area (TPSA) is 57.4 Å². The Balaban J connectivity index is 2.30. The van der Waals surface area contributed by atoms with E-state index in [9.17, 15) is 0 Å². The number of pyridine rings is 1. The molecule has 1 heterocycles. The first-order valence-corrected chi connectivity index (χ1v) is 6.20. The number of rotatable bonds is 8. The van der Waals surface area contributed by atoms with Gasteiger partial charge in [0.05, 0.1) is 18.5 Å². The fourth-order valence-electron chi connectivity index (χ4n) is 1.37. The van der Waals surface area contributed by atoms with E-state index < -0.39 is 0 Å². The number of nitrogens with zero attached hydrogens (tertiary/aromatic N) is 1. The second-order valence-corrected chi connectivity index (χ2v) is 3.89. The molecule has 0 unspecified atom stereocenters. The standard InChI is InChI=1S/C13H22N2O2/c1-3-7-16-8-9-17-11-5-6-13(15-10-11)12(14)4-2/h5-6,10,12H,3-4,7-9,14H2,1-2H3/t12-/m0/s1. The van der Waals surface area contributed by atoms with Crippen molar-refractivity contribution in [2.24, 2.45) is 5.73 Å². The van der Waals surface area contributed by atoms with E-state index >= 15 is 0 Å². The van der Waals surface area contributed by atoms with E-state index in [1.54, 1.807) is 6.20 Å². The number of aromatic nitrogens is 1. The van der Waals surface area contributed by atoms with E-state index in [0.717, 1.165) is 30.9 Å². The molecule has 0 amide bonds. The molecule has 0 aliphatic carbocycles. The monoisotopic (exact) mass is 238 g/mol. The lowest BCUT2D eigenvalue weighted by Crippen LogP contribution is -2.11. The third-order valence-corrected chi connectivity index (χ3v) is 2.42. The second kappa shape index (κ2) is 8.03. The van der Waals surface area contributed by atoms with Crippen molar-refractivity contribution in [3.8, 4) is 5.75 Å². The molecule has 17 heavy (non-hydrogen) atoms. The normalized spacial score (nSPS) is 12.4. The van der Waals surface area contributed by atoms with Crippen LogP contribution >= 0.6 is 0 Å². The predicted molar refractivity (Wildman–Crippen MR) is 68.1 cm³/mol. The van der Waals surface area contributed by atoms with Crippen LogP contribution in [-0.2, 0) is 4.74 Å². The molecule has 0 saturated heterocycles. The van der Waals surface area contributed by atoms with Gasteiger partial charge in [0.25, 0.3) is 0 Å². The van der Waals surface area contributed by atoms with Crippen LogP contribution in [0.3, 0.4) is 0 Å². The molecule has 0 aliphatic rings. The summed E-state index contributed by atoms with van der Waals surface area (Å²) in [5.74, 6) is 0.761. The van der Waals surface area contributed by atoms with Gasteiger partial charge >= 0.3 is 0 Å². The highest BCUT2D eigenvalue weighted by molar-refractivity contribution is 5.21. The maximum Gasteiger partial charge on any atom is 0.137 e. The Kier molecular flexibility index (Phi) is 6.58. The summed E-state index contributed by atoms with van der Waals surface area (Å²) in [5.41, 5.74) is 6.78. The van der Waals surface area contributed by atoms with Gasteiger partial charge in [0.1, 0.15) is 12.4 Å². The van der Waals surface area contributed by atoms with Crippen LogP contribution in [-0.4, -0.2) is 24.8 Å². The van der Waals surface area contributed by atoms with Gasteiger partial charge in [0.2, 0.25) is 0 Å². The number of hydrogen-bond donors (Lipinski definition) is 1. The van der Waals surface area contributed by atoms with Crippen molar-refractivity contribution in [3.05, 3.63) is 24.0 Å². The molecule has 0 spiro atoms. The van der Waals surface area contributed by atoms with Crippen molar-refractivity contribution in [3.63, 3.8) is 0 Å². The van der Waals surface area contributed by atoms with Gasteiger partial charge in [-0.15, -0.1) is 0 Å². The molecule has 96 valence electrons. The number of ether oxygens (including phenoxy) is 2. The molecule has 0 aromatic carbocycles.